The Morgan fingerprint density at radius 1 is 0.905 bits per heavy atom. The van der Waals surface area contributed by atoms with Gasteiger partial charge in [0.2, 0.25) is 0 Å². The first-order chi connectivity index (χ1) is 10.0. The normalized spacial score (nSPS) is 30.5. The van der Waals surface area contributed by atoms with Crippen molar-refractivity contribution >= 4 is 7.60 Å². The lowest BCUT2D eigenvalue weighted by Gasteiger charge is -2.40. The molecule has 2 unspecified atom stereocenters. The third-order valence-corrected chi connectivity index (χ3v) is 6.14. The van der Waals surface area contributed by atoms with Crippen LogP contribution in [0.3, 0.4) is 0 Å². The van der Waals surface area contributed by atoms with Gasteiger partial charge in [-0.25, -0.2) is 0 Å². The molecule has 1 aliphatic rings. The van der Waals surface area contributed by atoms with Gasteiger partial charge in [-0.05, 0) is 32.6 Å². The number of hydrogen-bond donors (Lipinski definition) is 0. The summed E-state index contributed by atoms with van der Waals surface area (Å²) in [5.41, 5.74) is 0. The van der Waals surface area contributed by atoms with Gasteiger partial charge in [-0.2, -0.15) is 0 Å². The average Bonchev–Trinajstić information content (AvgIpc) is 2.46. The molecule has 0 spiro atoms. The van der Waals surface area contributed by atoms with Crippen LogP contribution in [0.15, 0.2) is 0 Å². The molecule has 1 aliphatic carbocycles. The molecule has 0 aromatic rings. The minimum Gasteiger partial charge on any atom is -0.379 e. The highest BCUT2D eigenvalue weighted by molar-refractivity contribution is 7.53. The maximum atomic E-state index is 12.7. The van der Waals surface area contributed by atoms with Gasteiger partial charge in [0.15, 0.2) is 0 Å². The number of methoxy groups -OCH3 is 3. The summed E-state index contributed by atoms with van der Waals surface area (Å²) in [5.74, 6) is 0.162. The fourth-order valence-corrected chi connectivity index (χ4v) is 5.03. The minimum atomic E-state index is -3.04. The SMILES string of the molecule is CCOP(=O)(CC1CC(OC)C(OC)C(OC)C1)OCC. The molecule has 0 bridgehead atoms. The van der Waals surface area contributed by atoms with Crippen molar-refractivity contribution in [2.75, 3.05) is 40.7 Å². The lowest BCUT2D eigenvalue weighted by Crippen LogP contribution is -2.48. The van der Waals surface area contributed by atoms with E-state index in [2.05, 4.69) is 0 Å². The van der Waals surface area contributed by atoms with E-state index in [0.29, 0.717) is 19.4 Å². The predicted molar refractivity (Wildman–Crippen MR) is 80.8 cm³/mol. The Hall–Kier alpha value is 0.0300. The summed E-state index contributed by atoms with van der Waals surface area (Å²) in [6.45, 7) is 4.41. The highest BCUT2D eigenvalue weighted by Crippen LogP contribution is 2.51. The molecule has 1 saturated carbocycles. The predicted octanol–water partition coefficient (Wildman–Crippen LogP) is 2.71. The molecule has 7 heteroatoms. The standard InChI is InChI=1S/C14H29O6P/c1-6-19-21(15,20-7-2)10-11-8-12(16-3)14(18-5)13(9-11)17-4/h11-14H,6-10H2,1-5H3. The Morgan fingerprint density at radius 2 is 1.38 bits per heavy atom. The molecule has 0 amide bonds. The van der Waals surface area contributed by atoms with Crippen LogP contribution >= 0.6 is 7.60 Å². The zero-order valence-corrected chi connectivity index (χ0v) is 14.6. The summed E-state index contributed by atoms with van der Waals surface area (Å²) in [6, 6.07) is 0. The molecule has 21 heavy (non-hydrogen) atoms. The molecule has 0 N–H and O–H groups in total. The van der Waals surface area contributed by atoms with Crippen molar-refractivity contribution in [1.82, 2.24) is 0 Å². The average molecular weight is 324 g/mol. The molecule has 0 saturated heterocycles. The van der Waals surface area contributed by atoms with E-state index in [0.717, 1.165) is 12.8 Å². The first-order valence-corrected chi connectivity index (χ1v) is 9.22. The molecule has 0 radical (unpaired) electrons. The number of ether oxygens (including phenoxy) is 3. The minimum absolute atomic E-state index is 0.0737. The van der Waals surface area contributed by atoms with E-state index >= 15 is 0 Å². The van der Waals surface area contributed by atoms with Crippen molar-refractivity contribution < 1.29 is 27.8 Å². The van der Waals surface area contributed by atoms with Crippen molar-refractivity contribution in [2.45, 2.75) is 45.0 Å². The van der Waals surface area contributed by atoms with Crippen LogP contribution in [0.2, 0.25) is 0 Å². The van der Waals surface area contributed by atoms with Crippen LogP contribution in [0.1, 0.15) is 26.7 Å². The summed E-state index contributed by atoms with van der Waals surface area (Å²) in [4.78, 5) is 0. The summed E-state index contributed by atoms with van der Waals surface area (Å²) in [6.07, 6.45) is 1.67. The smallest absolute Gasteiger partial charge is 0.330 e. The molecular formula is C14H29O6P. The molecular weight excluding hydrogens is 295 g/mol. The van der Waals surface area contributed by atoms with E-state index < -0.39 is 7.60 Å². The Balaban J connectivity index is 2.76. The van der Waals surface area contributed by atoms with Gasteiger partial charge in [0.05, 0.1) is 31.6 Å². The quantitative estimate of drug-likeness (QED) is 0.608. The number of rotatable bonds is 9. The van der Waals surface area contributed by atoms with E-state index in [-0.39, 0.29) is 24.2 Å². The van der Waals surface area contributed by atoms with Gasteiger partial charge in [0.25, 0.3) is 0 Å². The zero-order chi connectivity index (χ0) is 15.9. The summed E-state index contributed by atoms with van der Waals surface area (Å²) in [5, 5.41) is 0. The van der Waals surface area contributed by atoms with Gasteiger partial charge in [0.1, 0.15) is 6.10 Å². The van der Waals surface area contributed by atoms with Crippen LogP contribution in [-0.4, -0.2) is 59.0 Å². The fraction of sp³-hybridized carbons (Fsp3) is 1.00. The Morgan fingerprint density at radius 3 is 1.71 bits per heavy atom. The second kappa shape index (κ2) is 9.23. The summed E-state index contributed by atoms with van der Waals surface area (Å²) in [7, 11) is 1.95. The van der Waals surface area contributed by atoms with Crippen LogP contribution in [0, 0.1) is 5.92 Å². The molecule has 0 aliphatic heterocycles. The summed E-state index contributed by atoms with van der Waals surface area (Å²) >= 11 is 0. The van der Waals surface area contributed by atoms with E-state index in [4.69, 9.17) is 23.3 Å². The van der Waals surface area contributed by atoms with Crippen LogP contribution in [0.25, 0.3) is 0 Å². The van der Waals surface area contributed by atoms with Gasteiger partial charge in [-0.1, -0.05) is 0 Å². The first-order valence-electron chi connectivity index (χ1n) is 7.50. The van der Waals surface area contributed by atoms with Gasteiger partial charge in [-0.15, -0.1) is 0 Å². The largest absolute Gasteiger partial charge is 0.379 e. The van der Waals surface area contributed by atoms with Gasteiger partial charge >= 0.3 is 7.60 Å². The molecule has 0 heterocycles. The second-order valence-corrected chi connectivity index (χ2v) is 7.32. The van der Waals surface area contributed by atoms with Crippen LogP contribution < -0.4 is 0 Å². The van der Waals surface area contributed by atoms with Crippen molar-refractivity contribution in [2.24, 2.45) is 5.92 Å². The van der Waals surface area contributed by atoms with E-state index in [1.54, 1.807) is 21.3 Å². The topological polar surface area (TPSA) is 63.2 Å². The highest BCUT2D eigenvalue weighted by Gasteiger charge is 2.41. The van der Waals surface area contributed by atoms with Crippen molar-refractivity contribution in [3.63, 3.8) is 0 Å². The Kier molecular flexibility index (Phi) is 8.39. The molecule has 0 aromatic heterocycles. The van der Waals surface area contributed by atoms with E-state index in [1.807, 2.05) is 13.8 Å². The van der Waals surface area contributed by atoms with Crippen molar-refractivity contribution in [3.8, 4) is 0 Å². The fourth-order valence-electron chi connectivity index (χ4n) is 3.03. The molecule has 0 aromatic carbocycles. The Labute approximate surface area is 128 Å². The monoisotopic (exact) mass is 324 g/mol. The highest BCUT2D eigenvalue weighted by atomic mass is 31.2. The molecule has 1 fully saturated rings. The van der Waals surface area contributed by atoms with Gasteiger partial charge in [-0.3, -0.25) is 4.57 Å². The van der Waals surface area contributed by atoms with Crippen molar-refractivity contribution in [1.29, 1.82) is 0 Å². The van der Waals surface area contributed by atoms with Crippen LogP contribution in [-0.2, 0) is 27.8 Å². The third-order valence-electron chi connectivity index (χ3n) is 3.88. The molecule has 1 rings (SSSR count). The van der Waals surface area contributed by atoms with E-state index in [9.17, 15) is 4.57 Å². The van der Waals surface area contributed by atoms with Crippen LogP contribution in [0.4, 0.5) is 0 Å². The lowest BCUT2D eigenvalue weighted by atomic mass is 9.84. The maximum absolute atomic E-state index is 12.7. The molecule has 126 valence electrons. The first kappa shape index (κ1) is 19.1. The molecule has 2 atom stereocenters. The van der Waals surface area contributed by atoms with Crippen molar-refractivity contribution in [3.05, 3.63) is 0 Å². The zero-order valence-electron chi connectivity index (χ0n) is 13.7. The second-order valence-electron chi connectivity index (χ2n) is 5.22. The molecule has 6 nitrogen and oxygen atoms in total. The maximum Gasteiger partial charge on any atom is 0.330 e. The van der Waals surface area contributed by atoms with E-state index in [1.165, 1.54) is 0 Å². The van der Waals surface area contributed by atoms with Crippen LogP contribution in [0.5, 0.6) is 0 Å². The summed E-state index contributed by atoms with van der Waals surface area (Å²) < 4.78 is 40.0. The van der Waals surface area contributed by atoms with Gasteiger partial charge < -0.3 is 23.3 Å². The Bertz CT molecular complexity index is 313. The lowest BCUT2D eigenvalue weighted by molar-refractivity contribution is -0.138. The van der Waals surface area contributed by atoms with Gasteiger partial charge in [0, 0.05) is 21.3 Å². The third kappa shape index (κ3) is 5.31. The number of hydrogen-bond acceptors (Lipinski definition) is 6.